The van der Waals surface area contributed by atoms with Crippen molar-refractivity contribution in [2.75, 3.05) is 0 Å². The fourth-order valence-corrected chi connectivity index (χ4v) is 0. The molecule has 8 heteroatoms. The zero-order valence-corrected chi connectivity index (χ0v) is 3.84. The quantitative estimate of drug-likeness (QED) is 0.400. The van der Waals surface area contributed by atoms with Gasteiger partial charge in [-0.25, -0.2) is 4.57 Å². The summed E-state index contributed by atoms with van der Waals surface area (Å²) in [5.74, 6) is 0. The summed E-state index contributed by atoms with van der Waals surface area (Å²) in [5, 5.41) is 0. The normalized spacial score (nSPS) is 8.88. The zero-order chi connectivity index (χ0) is 5.21. The molecule has 0 radical (unpaired) electrons. The Balaban J connectivity index is -0.000000125. The van der Waals surface area contributed by atoms with E-state index in [1.54, 1.807) is 0 Å². The molecule has 0 saturated heterocycles. The molecule has 0 aliphatic rings. The van der Waals surface area contributed by atoms with Crippen molar-refractivity contribution in [2.24, 2.45) is 0 Å². The van der Waals surface area contributed by atoms with Gasteiger partial charge in [0.25, 0.3) is 0 Å². The van der Waals surface area contributed by atoms with Gasteiger partial charge in [-0.15, -0.1) is 0 Å². The fourth-order valence-electron chi connectivity index (χ4n) is 0. The molecule has 0 heterocycles. The molecule has 0 aromatic rings. The molecule has 0 amide bonds. The molecule has 0 aromatic carbocycles. The third kappa shape index (κ3) is 15.8. The summed E-state index contributed by atoms with van der Waals surface area (Å²) >= 11 is 0. The minimum absolute atomic E-state index is 0. The van der Waals surface area contributed by atoms with Gasteiger partial charge in [-0.2, -0.15) is 0 Å². The Morgan fingerprint density at radius 3 is 1.62 bits per heavy atom. The number of rotatable bonds is 1. The number of hydrogen-bond acceptors (Lipinski definition) is 2. The van der Waals surface area contributed by atoms with Crippen molar-refractivity contribution in [1.29, 1.82) is 0 Å². The third-order valence-electron chi connectivity index (χ3n) is 0.0899. The van der Waals surface area contributed by atoms with Crippen molar-refractivity contribution in [3.63, 3.8) is 0 Å². The van der Waals surface area contributed by atoms with Gasteiger partial charge in [0.05, 0.1) is 0 Å². The molecule has 0 atom stereocenters. The summed E-state index contributed by atoms with van der Waals surface area (Å²) in [6.45, 7) is 0. The molecule has 4 nitrogen and oxygen atoms in total. The van der Waals surface area contributed by atoms with Crippen LogP contribution >= 0.6 is 7.82 Å². The third-order valence-corrected chi connectivity index (χ3v) is 0.270. The van der Waals surface area contributed by atoms with Crippen molar-refractivity contribution < 1.29 is 28.3 Å². The van der Waals surface area contributed by atoms with Gasteiger partial charge in [-0.05, 0) is 4.53 Å². The average Bonchev–Trinajstić information content (AvgIpc) is 1.35. The molecule has 0 aliphatic heterocycles. The first kappa shape index (κ1) is 16.0. The Hall–Kier alpha value is 0.970. The predicted octanol–water partition coefficient (Wildman–Crippen LogP) is -0.516. The van der Waals surface area contributed by atoms with Crippen LogP contribution in [0.5, 0.6) is 0 Å². The van der Waals surface area contributed by atoms with Gasteiger partial charge in [0.2, 0.25) is 0 Å². The summed E-state index contributed by atoms with van der Waals surface area (Å²) in [6, 6.07) is 0. The van der Waals surface area contributed by atoms with Crippen LogP contribution in [-0.4, -0.2) is 39.3 Å². The van der Waals surface area contributed by atoms with Gasteiger partial charge in [-0.3, -0.25) is 4.70 Å². The Bertz CT molecular complexity index is 78.1. The molecule has 0 rings (SSSR count). The second-order valence-electron chi connectivity index (χ2n) is 0.560. The molecule has 0 aliphatic carbocycles. The van der Waals surface area contributed by atoms with Crippen molar-refractivity contribution in [1.82, 2.24) is 0 Å². The Morgan fingerprint density at radius 2 is 1.62 bits per heavy atom. The van der Waals surface area contributed by atoms with Crippen LogP contribution in [0.25, 0.3) is 0 Å². The molecule has 2 N–H and O–H groups in total. The summed E-state index contributed by atoms with van der Waals surface area (Å²) in [6.07, 6.45) is 0. The molecule has 8 heavy (non-hydrogen) atoms. The standard InChI is InChI=1S/FH2O4P.FH.Na.H/c1-5-6(2,3)4;;;/h(H2,2,3,4);1H;;. The van der Waals surface area contributed by atoms with Gasteiger partial charge in [0.1, 0.15) is 0 Å². The van der Waals surface area contributed by atoms with Crippen LogP contribution < -0.4 is 0 Å². The molecule has 0 bridgehead atoms. The topological polar surface area (TPSA) is 66.8 Å². The van der Waals surface area contributed by atoms with Crippen LogP contribution in [0, 0.1) is 0 Å². The van der Waals surface area contributed by atoms with E-state index in [9.17, 15) is 4.53 Å². The molecule has 0 unspecified atom stereocenters. The van der Waals surface area contributed by atoms with Crippen LogP contribution in [0.4, 0.5) is 9.23 Å². The summed E-state index contributed by atoms with van der Waals surface area (Å²) < 4.78 is 21.4. The zero-order valence-electron chi connectivity index (χ0n) is 2.94. The molecule has 0 aromatic heterocycles. The molecular weight excluding hydrogens is 156 g/mol. The monoisotopic (exact) mass is 160 g/mol. The maximum absolute atomic E-state index is 10.2. The van der Waals surface area contributed by atoms with Crippen molar-refractivity contribution in [3.8, 4) is 0 Å². The Kier molecular flexibility index (Phi) is 12.2. The fraction of sp³-hybridized carbons (Fsp3) is 0. The van der Waals surface area contributed by atoms with Crippen LogP contribution in [0.15, 0.2) is 0 Å². The number of hydrogen-bond donors (Lipinski definition) is 2. The van der Waals surface area contributed by atoms with E-state index in [1.165, 1.54) is 0 Å². The predicted molar refractivity (Wildman–Crippen MR) is 23.9 cm³/mol. The maximum atomic E-state index is 10.2. The molecule has 48 valence electrons. The van der Waals surface area contributed by atoms with Crippen LogP contribution in [0.3, 0.4) is 0 Å². The summed E-state index contributed by atoms with van der Waals surface area (Å²) in [5.41, 5.74) is 0. The molecular formula is H4F2NaO4P. The van der Waals surface area contributed by atoms with E-state index in [1.807, 2.05) is 0 Å². The van der Waals surface area contributed by atoms with Gasteiger partial charge in [0, 0.05) is 0 Å². The van der Waals surface area contributed by atoms with E-state index in [-0.39, 0.29) is 34.3 Å². The van der Waals surface area contributed by atoms with E-state index in [4.69, 9.17) is 14.4 Å². The van der Waals surface area contributed by atoms with Crippen molar-refractivity contribution >= 4 is 37.4 Å². The first-order chi connectivity index (χ1) is 2.56. The van der Waals surface area contributed by atoms with E-state index >= 15 is 0 Å². The molecule has 0 spiro atoms. The second-order valence-corrected chi connectivity index (χ2v) is 1.68. The first-order valence-electron chi connectivity index (χ1n) is 0.919. The number of halogens is 2. The molecule has 0 saturated carbocycles. The minimum atomic E-state index is -4.81. The Morgan fingerprint density at radius 1 is 1.50 bits per heavy atom. The van der Waals surface area contributed by atoms with Gasteiger partial charge < -0.3 is 9.79 Å². The van der Waals surface area contributed by atoms with E-state index in [2.05, 4.69) is 4.73 Å². The summed E-state index contributed by atoms with van der Waals surface area (Å²) in [4.78, 5) is 14.7. The average molecular weight is 160 g/mol. The first-order valence-corrected chi connectivity index (χ1v) is 2.45. The van der Waals surface area contributed by atoms with Gasteiger partial charge >= 0.3 is 37.4 Å². The second kappa shape index (κ2) is 6.10. The van der Waals surface area contributed by atoms with Crippen LogP contribution in [0.2, 0.25) is 0 Å². The van der Waals surface area contributed by atoms with Crippen LogP contribution in [-0.2, 0) is 9.29 Å². The Labute approximate surface area is 65.8 Å². The summed E-state index contributed by atoms with van der Waals surface area (Å²) in [7, 11) is -4.81. The SMILES string of the molecule is F.O=P(O)(O)OF.[NaH]. The van der Waals surface area contributed by atoms with E-state index < -0.39 is 7.82 Å². The van der Waals surface area contributed by atoms with Gasteiger partial charge in [0.15, 0.2) is 0 Å². The van der Waals surface area contributed by atoms with E-state index in [0.717, 1.165) is 0 Å². The van der Waals surface area contributed by atoms with Crippen molar-refractivity contribution in [2.45, 2.75) is 0 Å². The number of phosphoric acid groups is 1. The van der Waals surface area contributed by atoms with Crippen molar-refractivity contribution in [3.05, 3.63) is 0 Å². The molecule has 0 fully saturated rings. The van der Waals surface area contributed by atoms with Crippen LogP contribution in [0.1, 0.15) is 0 Å². The van der Waals surface area contributed by atoms with Gasteiger partial charge in [-0.1, -0.05) is 4.73 Å². The van der Waals surface area contributed by atoms with E-state index in [0.29, 0.717) is 0 Å².